The van der Waals surface area contributed by atoms with Gasteiger partial charge in [-0.15, -0.1) is 0 Å². The highest BCUT2D eigenvalue weighted by atomic mass is 35.5. The van der Waals surface area contributed by atoms with Crippen molar-refractivity contribution in [3.8, 4) is 0 Å². The molecule has 7 nitrogen and oxygen atoms in total. The molecule has 0 N–H and O–H groups in total. The Labute approximate surface area is 207 Å². The molecule has 0 aliphatic heterocycles. The lowest BCUT2D eigenvalue weighted by Gasteiger charge is -2.20. The molecule has 0 saturated carbocycles. The van der Waals surface area contributed by atoms with Gasteiger partial charge in [0.2, 0.25) is 5.91 Å². The number of rotatable bonds is 7. The zero-order chi connectivity index (χ0) is 24.6. The lowest BCUT2D eigenvalue weighted by Crippen LogP contribution is -2.35. The van der Waals surface area contributed by atoms with Gasteiger partial charge in [-0.2, -0.15) is 5.10 Å². The van der Waals surface area contributed by atoms with Crippen LogP contribution in [0.15, 0.2) is 47.4 Å². The van der Waals surface area contributed by atoms with Crippen LogP contribution in [-0.4, -0.2) is 41.9 Å². The van der Waals surface area contributed by atoms with Gasteiger partial charge in [0.15, 0.2) is 15.0 Å². The van der Waals surface area contributed by atoms with E-state index in [0.29, 0.717) is 23.2 Å². The van der Waals surface area contributed by atoms with E-state index in [0.717, 1.165) is 39.0 Å². The fourth-order valence-corrected chi connectivity index (χ4v) is 5.60. The average Bonchev–Trinajstić information content (AvgIpc) is 3.33. The van der Waals surface area contributed by atoms with E-state index in [9.17, 15) is 13.2 Å². The highest BCUT2D eigenvalue weighted by molar-refractivity contribution is 7.90. The highest BCUT2D eigenvalue weighted by Crippen LogP contribution is 2.34. The maximum absolute atomic E-state index is 13.5. The highest BCUT2D eigenvalue weighted by Gasteiger charge is 2.22. The maximum atomic E-state index is 13.5. The SMILES string of the molecule is Cc1cc(C)n(CCN(C(=O)Cc2ccc(S(C)(=O)=O)cc2)c2nc3c(C)c(Cl)ccc3s2)n1. The first kappa shape index (κ1) is 24.4. The Balaban J connectivity index is 1.64. The number of aromatic nitrogens is 3. The normalized spacial score (nSPS) is 11.8. The molecule has 34 heavy (non-hydrogen) atoms. The number of thiazole rings is 1. The molecule has 0 bridgehead atoms. The predicted molar refractivity (Wildman–Crippen MR) is 137 cm³/mol. The van der Waals surface area contributed by atoms with Crippen LogP contribution in [0.2, 0.25) is 5.02 Å². The maximum Gasteiger partial charge on any atom is 0.233 e. The van der Waals surface area contributed by atoms with E-state index in [1.165, 1.54) is 23.5 Å². The molecule has 0 aliphatic carbocycles. The lowest BCUT2D eigenvalue weighted by molar-refractivity contribution is -0.118. The summed E-state index contributed by atoms with van der Waals surface area (Å²) in [7, 11) is -3.30. The first-order valence-electron chi connectivity index (χ1n) is 10.7. The molecular weight excluding hydrogens is 492 g/mol. The van der Waals surface area contributed by atoms with Crippen molar-refractivity contribution in [2.75, 3.05) is 17.7 Å². The molecule has 2 heterocycles. The second-order valence-corrected chi connectivity index (χ2v) is 11.7. The average molecular weight is 517 g/mol. The van der Waals surface area contributed by atoms with Gasteiger partial charge >= 0.3 is 0 Å². The van der Waals surface area contributed by atoms with Gasteiger partial charge < -0.3 is 0 Å². The third-order valence-electron chi connectivity index (χ3n) is 5.61. The first-order valence-corrected chi connectivity index (χ1v) is 13.8. The molecule has 0 spiro atoms. The summed E-state index contributed by atoms with van der Waals surface area (Å²) in [5, 5.41) is 5.74. The number of hydrogen-bond donors (Lipinski definition) is 0. The molecule has 2 aromatic heterocycles. The zero-order valence-corrected chi connectivity index (χ0v) is 21.8. The van der Waals surface area contributed by atoms with Crippen LogP contribution in [0, 0.1) is 20.8 Å². The van der Waals surface area contributed by atoms with Crippen LogP contribution in [-0.2, 0) is 27.6 Å². The number of benzene rings is 2. The molecule has 10 heteroatoms. The molecule has 1 amide bonds. The Morgan fingerprint density at radius 1 is 1.12 bits per heavy atom. The fourth-order valence-electron chi connectivity index (χ4n) is 3.75. The zero-order valence-electron chi connectivity index (χ0n) is 19.4. The largest absolute Gasteiger partial charge is 0.286 e. The Bertz CT molecular complexity index is 1470. The van der Waals surface area contributed by atoms with Gasteiger partial charge in [0.1, 0.15) is 0 Å². The predicted octanol–water partition coefficient (Wildman–Crippen LogP) is 4.75. The third kappa shape index (κ3) is 5.16. The molecule has 0 radical (unpaired) electrons. The number of halogens is 1. The van der Waals surface area contributed by atoms with Crippen LogP contribution in [0.3, 0.4) is 0 Å². The molecule has 0 unspecified atom stereocenters. The van der Waals surface area contributed by atoms with Crippen molar-refractivity contribution in [1.82, 2.24) is 14.8 Å². The van der Waals surface area contributed by atoms with E-state index < -0.39 is 9.84 Å². The van der Waals surface area contributed by atoms with Gasteiger partial charge in [0, 0.05) is 23.5 Å². The Kier molecular flexibility index (Phi) is 6.80. The number of carbonyl (C=O) groups is 1. The van der Waals surface area contributed by atoms with E-state index in [1.807, 2.05) is 43.7 Å². The second-order valence-electron chi connectivity index (χ2n) is 8.30. The summed E-state index contributed by atoms with van der Waals surface area (Å²) in [6.07, 6.45) is 1.28. The van der Waals surface area contributed by atoms with Gasteiger partial charge in [0.25, 0.3) is 0 Å². The standard InChI is InChI=1S/C24H25ClN4O3S2/c1-15-13-16(2)29(27-15)12-11-28(24-26-23-17(3)20(25)9-10-21(23)33-24)22(30)14-18-5-7-19(8-6-18)34(4,31)32/h5-10,13H,11-12,14H2,1-4H3. The number of hydrogen-bond acceptors (Lipinski definition) is 6. The van der Waals surface area contributed by atoms with Crippen molar-refractivity contribution in [3.05, 3.63) is 70.0 Å². The van der Waals surface area contributed by atoms with Crippen LogP contribution in [0.5, 0.6) is 0 Å². The van der Waals surface area contributed by atoms with Gasteiger partial charge in [0.05, 0.1) is 33.8 Å². The summed E-state index contributed by atoms with van der Waals surface area (Å²) in [5.41, 5.74) is 4.34. The Hall–Kier alpha value is -2.75. The van der Waals surface area contributed by atoms with Crippen LogP contribution < -0.4 is 4.90 Å². The summed E-state index contributed by atoms with van der Waals surface area (Å²) < 4.78 is 26.3. The number of amides is 1. The molecule has 178 valence electrons. The summed E-state index contributed by atoms with van der Waals surface area (Å²) in [6, 6.07) is 12.2. The van der Waals surface area contributed by atoms with Gasteiger partial charge in [-0.25, -0.2) is 13.4 Å². The molecular formula is C24H25ClN4O3S2. The molecule has 0 saturated heterocycles. The van der Waals surface area contributed by atoms with Gasteiger partial charge in [-0.05, 0) is 62.2 Å². The van der Waals surface area contributed by atoms with E-state index in [2.05, 4.69) is 5.10 Å². The first-order chi connectivity index (χ1) is 16.0. The quantitative estimate of drug-likeness (QED) is 0.354. The number of fused-ring (bicyclic) bond motifs is 1. The van der Waals surface area contributed by atoms with E-state index in [4.69, 9.17) is 16.6 Å². The van der Waals surface area contributed by atoms with Crippen molar-refractivity contribution in [3.63, 3.8) is 0 Å². The summed E-state index contributed by atoms with van der Waals surface area (Å²) in [4.78, 5) is 20.1. The van der Waals surface area contributed by atoms with E-state index in [1.54, 1.807) is 17.0 Å². The minimum Gasteiger partial charge on any atom is -0.286 e. The minimum absolute atomic E-state index is 0.122. The topological polar surface area (TPSA) is 85.2 Å². The molecule has 0 aliphatic rings. The number of carbonyl (C=O) groups excluding carboxylic acids is 1. The fraction of sp³-hybridized carbons (Fsp3) is 0.292. The van der Waals surface area contributed by atoms with Crippen molar-refractivity contribution >= 4 is 54.0 Å². The summed E-state index contributed by atoms with van der Waals surface area (Å²) in [5.74, 6) is -0.128. The molecule has 0 fully saturated rings. The third-order valence-corrected chi connectivity index (χ3v) is 8.20. The number of anilines is 1. The van der Waals surface area contributed by atoms with Gasteiger partial charge in [-0.1, -0.05) is 35.1 Å². The molecule has 0 atom stereocenters. The summed E-state index contributed by atoms with van der Waals surface area (Å²) >= 11 is 7.73. The minimum atomic E-state index is -3.30. The number of nitrogens with zero attached hydrogens (tertiary/aromatic N) is 4. The Morgan fingerprint density at radius 3 is 2.44 bits per heavy atom. The van der Waals surface area contributed by atoms with Gasteiger partial charge in [-0.3, -0.25) is 14.4 Å². The van der Waals surface area contributed by atoms with Crippen molar-refractivity contribution in [2.45, 2.75) is 38.6 Å². The molecule has 4 rings (SSSR count). The van der Waals surface area contributed by atoms with E-state index in [-0.39, 0.29) is 17.2 Å². The van der Waals surface area contributed by atoms with Crippen LogP contribution in [0.25, 0.3) is 10.2 Å². The van der Waals surface area contributed by atoms with Crippen molar-refractivity contribution in [1.29, 1.82) is 0 Å². The monoisotopic (exact) mass is 516 g/mol. The lowest BCUT2D eigenvalue weighted by atomic mass is 10.1. The van der Waals surface area contributed by atoms with Crippen LogP contribution >= 0.6 is 22.9 Å². The van der Waals surface area contributed by atoms with Crippen molar-refractivity contribution in [2.24, 2.45) is 0 Å². The molecule has 2 aromatic carbocycles. The summed E-state index contributed by atoms with van der Waals surface area (Å²) in [6.45, 7) is 6.76. The Morgan fingerprint density at radius 2 is 1.82 bits per heavy atom. The van der Waals surface area contributed by atoms with Crippen molar-refractivity contribution < 1.29 is 13.2 Å². The van der Waals surface area contributed by atoms with Crippen LogP contribution in [0.4, 0.5) is 5.13 Å². The van der Waals surface area contributed by atoms with Crippen LogP contribution in [0.1, 0.15) is 22.5 Å². The molecule has 4 aromatic rings. The smallest absolute Gasteiger partial charge is 0.233 e. The van der Waals surface area contributed by atoms with E-state index >= 15 is 0 Å². The number of aryl methyl sites for hydroxylation is 3. The number of sulfone groups is 1. The second kappa shape index (κ2) is 9.48.